The summed E-state index contributed by atoms with van der Waals surface area (Å²) in [6.45, 7) is 1.97. The van der Waals surface area contributed by atoms with E-state index in [1.165, 1.54) is 12.8 Å². The molecule has 18 heavy (non-hydrogen) atoms. The van der Waals surface area contributed by atoms with Crippen LogP contribution >= 0.6 is 0 Å². The molecule has 1 aliphatic carbocycles. The molecular weight excluding hydrogens is 224 g/mol. The highest BCUT2D eigenvalue weighted by atomic mass is 15.2. The third kappa shape index (κ3) is 1.56. The maximum atomic E-state index is 9.14. The first-order valence-electron chi connectivity index (χ1n) is 6.06. The SMILES string of the molecule is Cc1nc(-c2ccccc2C#N)c(N)n1C1CC1. The normalized spacial score (nSPS) is 14.4. The van der Waals surface area contributed by atoms with Gasteiger partial charge in [0.2, 0.25) is 0 Å². The molecule has 1 aliphatic rings. The van der Waals surface area contributed by atoms with E-state index in [1.54, 1.807) is 6.07 Å². The number of nitrogen functional groups attached to an aromatic ring is 1. The van der Waals surface area contributed by atoms with E-state index in [1.807, 2.05) is 25.1 Å². The Morgan fingerprint density at radius 1 is 1.39 bits per heavy atom. The first-order valence-corrected chi connectivity index (χ1v) is 6.06. The first kappa shape index (κ1) is 10.8. The highest BCUT2D eigenvalue weighted by molar-refractivity contribution is 5.76. The molecule has 0 spiro atoms. The van der Waals surface area contributed by atoms with Gasteiger partial charge in [-0.2, -0.15) is 5.26 Å². The molecule has 0 atom stereocenters. The van der Waals surface area contributed by atoms with Crippen LogP contribution in [0.2, 0.25) is 0 Å². The average Bonchev–Trinajstić information content (AvgIpc) is 3.16. The Labute approximate surface area is 106 Å². The predicted molar refractivity (Wildman–Crippen MR) is 69.8 cm³/mol. The largest absolute Gasteiger partial charge is 0.383 e. The Hall–Kier alpha value is -2.28. The lowest BCUT2D eigenvalue weighted by molar-refractivity contribution is 0.720. The van der Waals surface area contributed by atoms with Gasteiger partial charge in [-0.3, -0.25) is 0 Å². The minimum Gasteiger partial charge on any atom is -0.383 e. The number of anilines is 1. The number of nitrogens with two attached hydrogens (primary N) is 1. The minimum atomic E-state index is 0.500. The van der Waals surface area contributed by atoms with E-state index in [-0.39, 0.29) is 0 Å². The Kier molecular flexibility index (Phi) is 2.34. The van der Waals surface area contributed by atoms with E-state index in [9.17, 15) is 0 Å². The van der Waals surface area contributed by atoms with Gasteiger partial charge in [0, 0.05) is 11.6 Å². The molecule has 0 saturated heterocycles. The summed E-state index contributed by atoms with van der Waals surface area (Å²) in [5.74, 6) is 1.61. The van der Waals surface area contributed by atoms with E-state index >= 15 is 0 Å². The monoisotopic (exact) mass is 238 g/mol. The zero-order valence-corrected chi connectivity index (χ0v) is 10.2. The van der Waals surface area contributed by atoms with Crippen LogP contribution in [0.1, 0.15) is 30.3 Å². The molecule has 1 fully saturated rings. The Morgan fingerprint density at radius 3 is 2.78 bits per heavy atom. The lowest BCUT2D eigenvalue weighted by atomic mass is 10.1. The van der Waals surface area contributed by atoms with Gasteiger partial charge in [0.1, 0.15) is 17.3 Å². The summed E-state index contributed by atoms with van der Waals surface area (Å²) < 4.78 is 2.09. The molecule has 0 bridgehead atoms. The van der Waals surface area contributed by atoms with Gasteiger partial charge in [-0.05, 0) is 25.8 Å². The first-order chi connectivity index (χ1) is 8.72. The molecule has 4 nitrogen and oxygen atoms in total. The molecule has 0 aliphatic heterocycles. The molecule has 4 heteroatoms. The van der Waals surface area contributed by atoms with Gasteiger partial charge < -0.3 is 10.3 Å². The summed E-state index contributed by atoms with van der Waals surface area (Å²) in [6, 6.07) is 10.1. The van der Waals surface area contributed by atoms with Gasteiger partial charge in [0.25, 0.3) is 0 Å². The Bertz CT molecular complexity index is 644. The lowest BCUT2D eigenvalue weighted by Crippen LogP contribution is -2.02. The molecule has 1 aromatic heterocycles. The fourth-order valence-corrected chi connectivity index (χ4v) is 2.34. The van der Waals surface area contributed by atoms with Gasteiger partial charge in [0.15, 0.2) is 0 Å². The molecular formula is C14H14N4. The van der Waals surface area contributed by atoms with Crippen LogP contribution in [0.25, 0.3) is 11.3 Å². The molecule has 1 aromatic carbocycles. The van der Waals surface area contributed by atoms with E-state index in [0.717, 1.165) is 17.1 Å². The summed E-state index contributed by atoms with van der Waals surface area (Å²) >= 11 is 0. The number of hydrogen-bond donors (Lipinski definition) is 1. The van der Waals surface area contributed by atoms with E-state index < -0.39 is 0 Å². The van der Waals surface area contributed by atoms with Gasteiger partial charge in [-0.15, -0.1) is 0 Å². The van der Waals surface area contributed by atoms with Gasteiger partial charge in [-0.1, -0.05) is 18.2 Å². The second kappa shape index (κ2) is 3.88. The van der Waals surface area contributed by atoms with Crippen LogP contribution in [-0.4, -0.2) is 9.55 Å². The van der Waals surface area contributed by atoms with Crippen LogP contribution in [0.15, 0.2) is 24.3 Å². The molecule has 90 valence electrons. The van der Waals surface area contributed by atoms with Crippen LogP contribution in [0.5, 0.6) is 0 Å². The van der Waals surface area contributed by atoms with Crippen LogP contribution in [-0.2, 0) is 0 Å². The van der Waals surface area contributed by atoms with Crippen molar-refractivity contribution in [2.75, 3.05) is 5.73 Å². The second-order valence-electron chi connectivity index (χ2n) is 4.65. The van der Waals surface area contributed by atoms with E-state index in [4.69, 9.17) is 11.0 Å². The van der Waals surface area contributed by atoms with Crippen molar-refractivity contribution >= 4 is 5.82 Å². The van der Waals surface area contributed by atoms with Crippen molar-refractivity contribution in [1.29, 1.82) is 5.26 Å². The molecule has 2 N–H and O–H groups in total. The number of aromatic nitrogens is 2. The van der Waals surface area contributed by atoms with Crippen molar-refractivity contribution in [3.63, 3.8) is 0 Å². The molecule has 0 unspecified atom stereocenters. The van der Waals surface area contributed by atoms with E-state index in [2.05, 4.69) is 15.6 Å². The Morgan fingerprint density at radius 2 is 2.11 bits per heavy atom. The van der Waals surface area contributed by atoms with Crippen molar-refractivity contribution < 1.29 is 0 Å². The molecule has 0 radical (unpaired) electrons. The topological polar surface area (TPSA) is 67.6 Å². The summed E-state index contributed by atoms with van der Waals surface area (Å²) in [6.07, 6.45) is 2.33. The highest BCUT2D eigenvalue weighted by Crippen LogP contribution is 2.41. The van der Waals surface area contributed by atoms with E-state index in [0.29, 0.717) is 17.4 Å². The molecule has 0 amide bonds. The van der Waals surface area contributed by atoms with Crippen molar-refractivity contribution in [3.05, 3.63) is 35.7 Å². The summed E-state index contributed by atoms with van der Waals surface area (Å²) in [5.41, 5.74) is 8.36. The minimum absolute atomic E-state index is 0.500. The van der Waals surface area contributed by atoms with Crippen molar-refractivity contribution in [3.8, 4) is 17.3 Å². The quantitative estimate of drug-likeness (QED) is 0.874. The van der Waals surface area contributed by atoms with Crippen LogP contribution in [0.4, 0.5) is 5.82 Å². The molecule has 1 heterocycles. The number of imidazole rings is 1. The number of hydrogen-bond acceptors (Lipinski definition) is 3. The van der Waals surface area contributed by atoms with Crippen LogP contribution in [0.3, 0.4) is 0 Å². The van der Waals surface area contributed by atoms with Gasteiger partial charge in [0.05, 0.1) is 11.6 Å². The number of aryl methyl sites for hydroxylation is 1. The predicted octanol–water partition coefficient (Wildman–Crippen LogP) is 2.65. The van der Waals surface area contributed by atoms with Crippen molar-refractivity contribution in [2.45, 2.75) is 25.8 Å². The maximum Gasteiger partial charge on any atom is 0.132 e. The second-order valence-corrected chi connectivity index (χ2v) is 4.65. The molecule has 3 rings (SSSR count). The number of benzene rings is 1. The maximum absolute atomic E-state index is 9.14. The third-order valence-electron chi connectivity index (χ3n) is 3.34. The average molecular weight is 238 g/mol. The van der Waals surface area contributed by atoms with Crippen molar-refractivity contribution in [2.24, 2.45) is 0 Å². The highest BCUT2D eigenvalue weighted by Gasteiger charge is 2.29. The Balaban J connectivity index is 2.18. The van der Waals surface area contributed by atoms with Gasteiger partial charge in [-0.25, -0.2) is 4.98 Å². The number of rotatable bonds is 2. The number of nitriles is 1. The number of nitrogens with zero attached hydrogens (tertiary/aromatic N) is 3. The summed E-state index contributed by atoms with van der Waals surface area (Å²) in [4.78, 5) is 4.54. The standard InChI is InChI=1S/C14H14N4/c1-9-17-13(14(16)18(9)11-6-7-11)12-5-3-2-4-10(12)8-15/h2-5,11H,6-7,16H2,1H3. The van der Waals surface area contributed by atoms with Crippen molar-refractivity contribution in [1.82, 2.24) is 9.55 Å². The van der Waals surface area contributed by atoms with Crippen LogP contribution < -0.4 is 5.73 Å². The summed E-state index contributed by atoms with van der Waals surface area (Å²) in [7, 11) is 0. The zero-order chi connectivity index (χ0) is 12.7. The molecule has 2 aromatic rings. The summed E-state index contributed by atoms with van der Waals surface area (Å²) in [5, 5.41) is 9.14. The third-order valence-corrected chi connectivity index (χ3v) is 3.34. The zero-order valence-electron chi connectivity index (χ0n) is 10.2. The fourth-order valence-electron chi connectivity index (χ4n) is 2.34. The fraction of sp³-hybridized carbons (Fsp3) is 0.286. The van der Waals surface area contributed by atoms with Gasteiger partial charge >= 0.3 is 0 Å². The smallest absolute Gasteiger partial charge is 0.132 e. The molecule has 1 saturated carbocycles. The van der Waals surface area contributed by atoms with Crippen LogP contribution in [0, 0.1) is 18.3 Å². The lowest BCUT2D eigenvalue weighted by Gasteiger charge is -2.05.